The third-order valence-corrected chi connectivity index (χ3v) is 6.11. The van der Waals surface area contributed by atoms with Gasteiger partial charge in [-0.3, -0.25) is 19.3 Å². The molecule has 7 nitrogen and oxygen atoms in total. The molecule has 170 valence electrons. The molecule has 2 aliphatic rings. The van der Waals surface area contributed by atoms with Crippen molar-refractivity contribution in [1.82, 2.24) is 20.4 Å². The Morgan fingerprint density at radius 2 is 1.61 bits per heavy atom. The van der Waals surface area contributed by atoms with Crippen LogP contribution in [0.25, 0.3) is 0 Å². The van der Waals surface area contributed by atoms with Crippen molar-refractivity contribution >= 4 is 17.7 Å². The summed E-state index contributed by atoms with van der Waals surface area (Å²) in [4.78, 5) is 40.7. The Labute approximate surface area is 183 Å². The zero-order valence-corrected chi connectivity index (χ0v) is 18.1. The Balaban J connectivity index is 1.22. The monoisotopic (exact) mass is 432 g/mol. The summed E-state index contributed by atoms with van der Waals surface area (Å²) in [6.07, 6.45) is 5.32. The van der Waals surface area contributed by atoms with Gasteiger partial charge in [0.1, 0.15) is 5.82 Å². The van der Waals surface area contributed by atoms with Crippen molar-refractivity contribution < 1.29 is 18.8 Å². The van der Waals surface area contributed by atoms with Crippen LogP contribution in [0.4, 0.5) is 4.39 Å². The molecule has 1 aliphatic heterocycles. The highest BCUT2D eigenvalue weighted by atomic mass is 19.1. The van der Waals surface area contributed by atoms with Gasteiger partial charge in [0.25, 0.3) is 5.91 Å². The molecule has 1 saturated heterocycles. The minimum atomic E-state index is -0.382. The van der Waals surface area contributed by atoms with Gasteiger partial charge in [-0.2, -0.15) is 0 Å². The first-order valence-electron chi connectivity index (χ1n) is 11.3. The topological polar surface area (TPSA) is 81.8 Å². The molecule has 2 fully saturated rings. The summed E-state index contributed by atoms with van der Waals surface area (Å²) in [5, 5.41) is 5.65. The lowest BCUT2D eigenvalue weighted by molar-refractivity contribution is -0.137. The van der Waals surface area contributed by atoms with E-state index in [0.29, 0.717) is 37.4 Å². The lowest BCUT2D eigenvalue weighted by atomic mass is 10.1. The number of halogens is 1. The molecule has 31 heavy (non-hydrogen) atoms. The molecule has 0 spiro atoms. The number of carbonyl (C=O) groups is 3. The Bertz CT molecular complexity index is 742. The molecule has 0 unspecified atom stereocenters. The third-order valence-electron chi connectivity index (χ3n) is 6.11. The Morgan fingerprint density at radius 3 is 2.29 bits per heavy atom. The van der Waals surface area contributed by atoms with Crippen LogP contribution in [-0.2, 0) is 9.59 Å². The van der Waals surface area contributed by atoms with Crippen LogP contribution in [0.1, 0.15) is 48.9 Å². The quantitative estimate of drug-likeness (QED) is 0.583. The fraction of sp³-hybridized carbons (Fsp3) is 0.609. The minimum absolute atomic E-state index is 0.0360. The van der Waals surface area contributed by atoms with Crippen LogP contribution in [0.2, 0.25) is 0 Å². The van der Waals surface area contributed by atoms with E-state index in [1.54, 1.807) is 0 Å². The predicted octanol–water partition coefficient (Wildman–Crippen LogP) is 1.79. The second-order valence-corrected chi connectivity index (χ2v) is 8.36. The highest BCUT2D eigenvalue weighted by Gasteiger charge is 2.29. The van der Waals surface area contributed by atoms with E-state index in [-0.39, 0.29) is 23.5 Å². The zero-order chi connectivity index (χ0) is 22.1. The molecule has 3 rings (SSSR count). The fourth-order valence-electron chi connectivity index (χ4n) is 4.22. The smallest absolute Gasteiger partial charge is 0.251 e. The number of carbonyl (C=O) groups excluding carboxylic acids is 3. The van der Waals surface area contributed by atoms with Crippen molar-refractivity contribution in [2.75, 3.05) is 45.8 Å². The molecule has 1 aromatic rings. The maximum Gasteiger partial charge on any atom is 0.251 e. The molecule has 0 bridgehead atoms. The van der Waals surface area contributed by atoms with Gasteiger partial charge in [-0.15, -0.1) is 0 Å². The number of amides is 3. The Hall–Kier alpha value is -2.48. The summed E-state index contributed by atoms with van der Waals surface area (Å²) >= 11 is 0. The molecular formula is C23H33FN4O3. The van der Waals surface area contributed by atoms with Gasteiger partial charge < -0.3 is 15.5 Å². The first kappa shape index (κ1) is 23.2. The number of nitrogens with zero attached hydrogens (tertiary/aromatic N) is 2. The average Bonchev–Trinajstić information content (AvgIpc) is 3.32. The summed E-state index contributed by atoms with van der Waals surface area (Å²) in [5.41, 5.74) is 0.399. The van der Waals surface area contributed by atoms with E-state index in [9.17, 15) is 18.8 Å². The van der Waals surface area contributed by atoms with Crippen molar-refractivity contribution in [3.05, 3.63) is 35.6 Å². The maximum absolute atomic E-state index is 12.9. The molecule has 0 aromatic heterocycles. The van der Waals surface area contributed by atoms with Gasteiger partial charge >= 0.3 is 0 Å². The van der Waals surface area contributed by atoms with Crippen LogP contribution < -0.4 is 10.6 Å². The largest absolute Gasteiger partial charge is 0.355 e. The van der Waals surface area contributed by atoms with E-state index >= 15 is 0 Å². The van der Waals surface area contributed by atoms with E-state index in [4.69, 9.17) is 0 Å². The van der Waals surface area contributed by atoms with Gasteiger partial charge in [-0.05, 0) is 43.5 Å². The van der Waals surface area contributed by atoms with Crippen LogP contribution in [0.15, 0.2) is 24.3 Å². The van der Waals surface area contributed by atoms with Crippen molar-refractivity contribution in [3.8, 4) is 0 Å². The molecule has 0 atom stereocenters. The Morgan fingerprint density at radius 1 is 0.935 bits per heavy atom. The first-order valence-corrected chi connectivity index (χ1v) is 11.3. The van der Waals surface area contributed by atoms with Crippen molar-refractivity contribution in [1.29, 1.82) is 0 Å². The highest BCUT2D eigenvalue weighted by molar-refractivity contribution is 5.94. The second kappa shape index (κ2) is 11.8. The molecular weight excluding hydrogens is 399 g/mol. The van der Waals surface area contributed by atoms with Crippen LogP contribution in [0.5, 0.6) is 0 Å². The zero-order valence-electron chi connectivity index (χ0n) is 18.1. The van der Waals surface area contributed by atoms with Crippen LogP contribution in [0.3, 0.4) is 0 Å². The third kappa shape index (κ3) is 7.31. The van der Waals surface area contributed by atoms with Crippen LogP contribution in [-0.4, -0.2) is 73.3 Å². The average molecular weight is 433 g/mol. The second-order valence-electron chi connectivity index (χ2n) is 8.36. The molecule has 3 amide bonds. The number of benzene rings is 1. The summed E-state index contributed by atoms with van der Waals surface area (Å²) in [5.74, 6) is -0.118. The lowest BCUT2D eigenvalue weighted by Gasteiger charge is -2.36. The molecule has 1 aromatic carbocycles. The fourth-order valence-corrected chi connectivity index (χ4v) is 4.22. The summed E-state index contributed by atoms with van der Waals surface area (Å²) in [6.45, 7) is 5.00. The molecule has 1 heterocycles. The van der Waals surface area contributed by atoms with Crippen LogP contribution in [0, 0.1) is 11.7 Å². The van der Waals surface area contributed by atoms with Gasteiger partial charge in [0, 0.05) is 63.7 Å². The van der Waals surface area contributed by atoms with Crippen molar-refractivity contribution in [3.63, 3.8) is 0 Å². The summed E-state index contributed by atoms with van der Waals surface area (Å²) in [7, 11) is 0. The van der Waals surface area contributed by atoms with Gasteiger partial charge in [0.05, 0.1) is 0 Å². The molecule has 0 radical (unpaired) electrons. The highest BCUT2D eigenvalue weighted by Crippen LogP contribution is 2.26. The predicted molar refractivity (Wildman–Crippen MR) is 116 cm³/mol. The van der Waals surface area contributed by atoms with Gasteiger partial charge in [0.15, 0.2) is 0 Å². The summed E-state index contributed by atoms with van der Waals surface area (Å²) in [6, 6.07) is 5.36. The molecule has 2 N–H and O–H groups in total. The van der Waals surface area contributed by atoms with E-state index < -0.39 is 0 Å². The standard InChI is InChI=1S/C23H33FN4O3/c24-20-9-7-18(8-10-20)22(30)26-11-3-6-21(29)25-12-13-27-14-16-28(17-15-27)23(31)19-4-1-2-5-19/h7-10,19H,1-6,11-17H2,(H,25,29)(H,26,30). The normalized spacial score (nSPS) is 17.5. The number of hydrogen-bond acceptors (Lipinski definition) is 4. The number of rotatable bonds is 9. The van der Waals surface area contributed by atoms with E-state index in [1.165, 1.54) is 37.1 Å². The minimum Gasteiger partial charge on any atom is -0.355 e. The Kier molecular flexibility index (Phi) is 8.82. The van der Waals surface area contributed by atoms with Crippen molar-refractivity contribution in [2.24, 2.45) is 5.92 Å². The lowest BCUT2D eigenvalue weighted by Crippen LogP contribution is -2.51. The molecule has 1 saturated carbocycles. The number of piperazine rings is 1. The van der Waals surface area contributed by atoms with E-state index in [0.717, 1.165) is 45.6 Å². The van der Waals surface area contributed by atoms with Crippen LogP contribution >= 0.6 is 0 Å². The summed E-state index contributed by atoms with van der Waals surface area (Å²) < 4.78 is 12.9. The van der Waals surface area contributed by atoms with Gasteiger partial charge in [0.2, 0.25) is 11.8 Å². The SMILES string of the molecule is O=C(CCCNC(=O)c1ccc(F)cc1)NCCN1CCN(C(=O)C2CCCC2)CC1. The van der Waals surface area contributed by atoms with E-state index in [1.807, 2.05) is 4.90 Å². The molecule has 8 heteroatoms. The van der Waals surface area contributed by atoms with Gasteiger partial charge in [-0.25, -0.2) is 4.39 Å². The maximum atomic E-state index is 12.9. The number of hydrogen-bond donors (Lipinski definition) is 2. The molecule has 1 aliphatic carbocycles. The van der Waals surface area contributed by atoms with Gasteiger partial charge in [-0.1, -0.05) is 12.8 Å². The first-order chi connectivity index (χ1) is 15.0. The van der Waals surface area contributed by atoms with E-state index in [2.05, 4.69) is 15.5 Å². The number of nitrogens with one attached hydrogen (secondary N) is 2. The van der Waals surface area contributed by atoms with Crippen molar-refractivity contribution in [2.45, 2.75) is 38.5 Å².